The van der Waals surface area contributed by atoms with Gasteiger partial charge in [-0.2, -0.15) is 0 Å². The highest BCUT2D eigenvalue weighted by atomic mass is 16.5. The highest BCUT2D eigenvalue weighted by molar-refractivity contribution is 5.92. The van der Waals surface area contributed by atoms with Crippen molar-refractivity contribution in [3.63, 3.8) is 0 Å². The molecule has 2 atom stereocenters. The van der Waals surface area contributed by atoms with Crippen molar-refractivity contribution in [2.45, 2.75) is 45.1 Å². The van der Waals surface area contributed by atoms with E-state index < -0.39 is 0 Å². The lowest BCUT2D eigenvalue weighted by Gasteiger charge is -2.32. The second kappa shape index (κ2) is 6.33. The molecular formula is C18H24N2O. The van der Waals surface area contributed by atoms with Crippen molar-refractivity contribution in [2.75, 3.05) is 12.4 Å². The third-order valence-electron chi connectivity index (χ3n) is 4.73. The van der Waals surface area contributed by atoms with Crippen molar-refractivity contribution in [1.82, 2.24) is 4.98 Å². The molecule has 1 heterocycles. The van der Waals surface area contributed by atoms with Gasteiger partial charge in [-0.3, -0.25) is 0 Å². The molecule has 3 heteroatoms. The highest BCUT2D eigenvalue weighted by Crippen LogP contribution is 2.32. The van der Waals surface area contributed by atoms with Crippen LogP contribution in [-0.4, -0.2) is 18.1 Å². The normalized spacial score (nSPS) is 22.2. The number of rotatable bonds is 4. The number of pyridine rings is 1. The largest absolute Gasteiger partial charge is 0.497 e. The van der Waals surface area contributed by atoms with Crippen molar-refractivity contribution in [3.05, 3.63) is 30.5 Å². The Morgan fingerprint density at radius 3 is 2.90 bits per heavy atom. The Labute approximate surface area is 126 Å². The first-order chi connectivity index (χ1) is 10.3. The molecule has 2 aromatic rings. The van der Waals surface area contributed by atoms with Gasteiger partial charge in [0.25, 0.3) is 0 Å². The molecule has 0 saturated heterocycles. The minimum atomic E-state index is 0.549. The second-order valence-electron chi connectivity index (χ2n) is 5.95. The summed E-state index contributed by atoms with van der Waals surface area (Å²) in [6.07, 6.45) is 8.41. The molecule has 0 spiro atoms. The minimum Gasteiger partial charge on any atom is -0.497 e. The Morgan fingerprint density at radius 1 is 1.24 bits per heavy atom. The summed E-state index contributed by atoms with van der Waals surface area (Å²) in [7, 11) is 1.71. The van der Waals surface area contributed by atoms with Crippen molar-refractivity contribution in [2.24, 2.45) is 5.92 Å². The lowest BCUT2D eigenvalue weighted by molar-refractivity contribution is 0.317. The maximum atomic E-state index is 5.35. The van der Waals surface area contributed by atoms with Crippen LogP contribution in [0.2, 0.25) is 0 Å². The number of nitrogens with zero attached hydrogens (tertiary/aromatic N) is 1. The molecule has 1 aromatic carbocycles. The monoisotopic (exact) mass is 284 g/mol. The number of benzene rings is 1. The zero-order valence-corrected chi connectivity index (χ0v) is 12.9. The lowest BCUT2D eigenvalue weighted by Crippen LogP contribution is -2.32. The van der Waals surface area contributed by atoms with Crippen LogP contribution in [0.3, 0.4) is 0 Å². The molecule has 2 unspecified atom stereocenters. The van der Waals surface area contributed by atoms with Gasteiger partial charge in [0.2, 0.25) is 0 Å². The number of hydrogen-bond acceptors (Lipinski definition) is 3. The predicted octanol–water partition coefficient (Wildman–Crippen LogP) is 4.62. The van der Waals surface area contributed by atoms with Crippen molar-refractivity contribution in [1.29, 1.82) is 0 Å². The fraction of sp³-hybridized carbons (Fsp3) is 0.500. The molecule has 112 valence electrons. The maximum Gasteiger partial charge on any atom is 0.134 e. The van der Waals surface area contributed by atoms with Gasteiger partial charge in [-0.15, -0.1) is 0 Å². The zero-order chi connectivity index (χ0) is 14.7. The summed E-state index contributed by atoms with van der Waals surface area (Å²) in [5, 5.41) is 6.07. The van der Waals surface area contributed by atoms with Gasteiger partial charge in [-0.25, -0.2) is 4.98 Å². The molecular weight excluding hydrogens is 260 g/mol. The van der Waals surface area contributed by atoms with Gasteiger partial charge >= 0.3 is 0 Å². The molecule has 0 aliphatic heterocycles. The van der Waals surface area contributed by atoms with Gasteiger partial charge in [0.1, 0.15) is 11.6 Å². The van der Waals surface area contributed by atoms with Gasteiger partial charge in [0, 0.05) is 17.6 Å². The Bertz CT molecular complexity index is 611. The summed E-state index contributed by atoms with van der Waals surface area (Å²) in [6.45, 7) is 2.30. The van der Waals surface area contributed by atoms with E-state index in [2.05, 4.69) is 35.4 Å². The van der Waals surface area contributed by atoms with Crippen LogP contribution in [0, 0.1) is 5.92 Å². The van der Waals surface area contributed by atoms with Crippen molar-refractivity contribution >= 4 is 16.6 Å². The number of aromatic nitrogens is 1. The summed E-state index contributed by atoms with van der Waals surface area (Å²) in [5.41, 5.74) is 0. The van der Waals surface area contributed by atoms with E-state index in [-0.39, 0.29) is 0 Å². The summed E-state index contributed by atoms with van der Waals surface area (Å²) < 4.78 is 5.35. The highest BCUT2D eigenvalue weighted by Gasteiger charge is 2.24. The van der Waals surface area contributed by atoms with E-state index in [4.69, 9.17) is 4.74 Å². The molecule has 0 amide bonds. The number of anilines is 1. The first-order valence-corrected chi connectivity index (χ1v) is 8.01. The van der Waals surface area contributed by atoms with Crippen molar-refractivity contribution in [3.8, 4) is 5.75 Å². The Morgan fingerprint density at radius 2 is 2.10 bits per heavy atom. The molecule has 1 N–H and O–H groups in total. The Hall–Kier alpha value is -1.77. The average molecular weight is 284 g/mol. The van der Waals surface area contributed by atoms with E-state index in [9.17, 15) is 0 Å². The van der Waals surface area contributed by atoms with E-state index in [1.807, 2.05) is 12.3 Å². The van der Waals surface area contributed by atoms with Crippen LogP contribution in [0.4, 0.5) is 5.82 Å². The van der Waals surface area contributed by atoms with E-state index in [0.29, 0.717) is 6.04 Å². The van der Waals surface area contributed by atoms with Crippen LogP contribution in [0.15, 0.2) is 30.5 Å². The maximum absolute atomic E-state index is 5.35. The van der Waals surface area contributed by atoms with Gasteiger partial charge in [0.05, 0.1) is 7.11 Å². The smallest absolute Gasteiger partial charge is 0.134 e. The quantitative estimate of drug-likeness (QED) is 0.889. The molecule has 1 fully saturated rings. The number of fused-ring (bicyclic) bond motifs is 1. The first-order valence-electron chi connectivity index (χ1n) is 8.01. The number of ether oxygens (including phenoxy) is 1. The molecule has 1 aliphatic carbocycles. The molecule has 3 rings (SSSR count). The second-order valence-corrected chi connectivity index (χ2v) is 5.95. The van der Waals surface area contributed by atoms with E-state index in [0.717, 1.165) is 22.9 Å². The lowest BCUT2D eigenvalue weighted by atomic mass is 9.83. The van der Waals surface area contributed by atoms with Gasteiger partial charge < -0.3 is 10.1 Å². The molecule has 3 nitrogen and oxygen atoms in total. The summed E-state index contributed by atoms with van der Waals surface area (Å²) in [4.78, 5) is 4.58. The van der Waals surface area contributed by atoms with E-state index in [1.165, 1.54) is 37.5 Å². The number of hydrogen-bond donors (Lipinski definition) is 1. The summed E-state index contributed by atoms with van der Waals surface area (Å²) in [5.74, 6) is 2.65. The fourth-order valence-electron chi connectivity index (χ4n) is 3.45. The van der Waals surface area contributed by atoms with Crippen LogP contribution >= 0.6 is 0 Å². The molecule has 0 bridgehead atoms. The topological polar surface area (TPSA) is 34.2 Å². The Kier molecular flexibility index (Phi) is 4.28. The van der Waals surface area contributed by atoms with Crippen molar-refractivity contribution < 1.29 is 4.74 Å². The number of nitrogens with one attached hydrogen (secondary N) is 1. The van der Waals surface area contributed by atoms with Crippen LogP contribution < -0.4 is 10.1 Å². The number of methoxy groups -OCH3 is 1. The first kappa shape index (κ1) is 14.2. The molecule has 1 aromatic heterocycles. The van der Waals surface area contributed by atoms with Crippen LogP contribution in [0.5, 0.6) is 5.75 Å². The fourth-order valence-corrected chi connectivity index (χ4v) is 3.45. The SMILES string of the molecule is CCC1CCCCC1Nc1nccc2ccc(OC)cc12. The summed E-state index contributed by atoms with van der Waals surface area (Å²) >= 11 is 0. The zero-order valence-electron chi connectivity index (χ0n) is 12.9. The Balaban J connectivity index is 1.92. The van der Waals surface area contributed by atoms with Gasteiger partial charge in [0.15, 0.2) is 0 Å². The summed E-state index contributed by atoms with van der Waals surface area (Å²) in [6, 6.07) is 8.78. The van der Waals surface area contributed by atoms with Gasteiger partial charge in [-0.05, 0) is 42.3 Å². The van der Waals surface area contributed by atoms with Crippen LogP contribution in [0.1, 0.15) is 39.0 Å². The van der Waals surface area contributed by atoms with Gasteiger partial charge in [-0.1, -0.05) is 32.3 Å². The predicted molar refractivity (Wildman–Crippen MR) is 88.0 cm³/mol. The molecule has 21 heavy (non-hydrogen) atoms. The van der Waals surface area contributed by atoms with E-state index in [1.54, 1.807) is 7.11 Å². The average Bonchev–Trinajstić information content (AvgIpc) is 2.55. The van der Waals surface area contributed by atoms with Crippen LogP contribution in [-0.2, 0) is 0 Å². The third kappa shape index (κ3) is 2.97. The molecule has 1 aliphatic rings. The van der Waals surface area contributed by atoms with E-state index >= 15 is 0 Å². The molecule has 0 radical (unpaired) electrons. The van der Waals surface area contributed by atoms with Crippen LogP contribution in [0.25, 0.3) is 10.8 Å². The minimum absolute atomic E-state index is 0.549. The standard InChI is InChI=1S/C18H24N2O/c1-3-13-6-4-5-7-17(13)20-18-16-12-15(21-2)9-8-14(16)10-11-19-18/h8-13,17H,3-7H2,1-2H3,(H,19,20). The third-order valence-corrected chi connectivity index (χ3v) is 4.73. The molecule has 1 saturated carbocycles.